The van der Waals surface area contributed by atoms with Crippen LogP contribution in [0.15, 0.2) is 42.7 Å². The van der Waals surface area contributed by atoms with Gasteiger partial charge in [-0.1, -0.05) is 25.1 Å². The quantitative estimate of drug-likeness (QED) is 0.624. The summed E-state index contributed by atoms with van der Waals surface area (Å²) in [7, 11) is 0. The zero-order valence-corrected chi connectivity index (χ0v) is 11.6. The fourth-order valence-corrected chi connectivity index (χ4v) is 1.94. The number of aryl methyl sites for hydroxylation is 1. The van der Waals surface area contributed by atoms with Crippen molar-refractivity contribution >= 4 is 17.3 Å². The summed E-state index contributed by atoms with van der Waals surface area (Å²) < 4.78 is 0. The molecule has 0 atom stereocenters. The molecule has 0 fully saturated rings. The van der Waals surface area contributed by atoms with Crippen molar-refractivity contribution in [2.45, 2.75) is 19.8 Å². The first-order valence-corrected chi connectivity index (χ1v) is 6.67. The minimum atomic E-state index is 0.177. The van der Waals surface area contributed by atoms with Crippen LogP contribution in [0.4, 0.5) is 11.5 Å². The van der Waals surface area contributed by atoms with E-state index in [4.69, 9.17) is 11.1 Å². The van der Waals surface area contributed by atoms with E-state index in [9.17, 15) is 0 Å². The van der Waals surface area contributed by atoms with Gasteiger partial charge in [-0.15, -0.1) is 0 Å². The van der Waals surface area contributed by atoms with Crippen LogP contribution in [0.1, 0.15) is 19.0 Å². The normalized spacial score (nSPS) is 10.2. The Balaban J connectivity index is 2.32. The summed E-state index contributed by atoms with van der Waals surface area (Å²) in [5.74, 6) is 1.01. The Bertz CT molecular complexity index is 567. The van der Waals surface area contributed by atoms with E-state index in [1.807, 2.05) is 36.4 Å². The highest BCUT2D eigenvalue weighted by atomic mass is 15.2. The number of nitrogens with zero attached hydrogens (tertiary/aromatic N) is 3. The van der Waals surface area contributed by atoms with E-state index in [-0.39, 0.29) is 5.84 Å². The van der Waals surface area contributed by atoms with Crippen LogP contribution >= 0.6 is 0 Å². The number of nitrogens with one attached hydrogen (secondary N) is 1. The molecule has 104 valence electrons. The molecule has 20 heavy (non-hydrogen) atoms. The molecule has 0 unspecified atom stereocenters. The van der Waals surface area contributed by atoms with Crippen LogP contribution in [-0.4, -0.2) is 22.3 Å². The van der Waals surface area contributed by atoms with Crippen molar-refractivity contribution in [3.8, 4) is 0 Å². The molecule has 2 rings (SSSR count). The van der Waals surface area contributed by atoms with Gasteiger partial charge in [0, 0.05) is 30.4 Å². The number of amidine groups is 1. The van der Waals surface area contributed by atoms with Gasteiger partial charge >= 0.3 is 0 Å². The Kier molecular flexibility index (Phi) is 4.65. The lowest BCUT2D eigenvalue weighted by atomic mass is 10.2. The molecule has 0 radical (unpaired) electrons. The van der Waals surface area contributed by atoms with Gasteiger partial charge in [0.2, 0.25) is 0 Å². The largest absolute Gasteiger partial charge is 0.388 e. The summed E-state index contributed by atoms with van der Waals surface area (Å²) >= 11 is 0. The molecular formula is C15H19N5. The topological polar surface area (TPSA) is 78.9 Å². The Morgan fingerprint density at radius 2 is 2.00 bits per heavy atom. The molecule has 3 N–H and O–H groups in total. The Hall–Kier alpha value is -2.43. The van der Waals surface area contributed by atoms with Crippen molar-refractivity contribution < 1.29 is 0 Å². The summed E-state index contributed by atoms with van der Waals surface area (Å²) in [5, 5.41) is 7.41. The summed E-state index contributed by atoms with van der Waals surface area (Å²) in [6.45, 7) is 2.69. The van der Waals surface area contributed by atoms with E-state index in [1.54, 1.807) is 6.33 Å². The van der Waals surface area contributed by atoms with Gasteiger partial charge in [0.25, 0.3) is 0 Å². The Morgan fingerprint density at radius 3 is 2.65 bits per heavy atom. The molecule has 1 aromatic heterocycles. The first kappa shape index (κ1) is 14.0. The lowest BCUT2D eigenvalue weighted by molar-refractivity contribution is 0.909. The van der Waals surface area contributed by atoms with Crippen LogP contribution in [0, 0.1) is 5.41 Å². The summed E-state index contributed by atoms with van der Waals surface area (Å²) in [5.41, 5.74) is 7.51. The zero-order chi connectivity index (χ0) is 14.4. The molecule has 0 bridgehead atoms. The van der Waals surface area contributed by atoms with Crippen LogP contribution in [0.2, 0.25) is 0 Å². The third kappa shape index (κ3) is 3.54. The van der Waals surface area contributed by atoms with E-state index >= 15 is 0 Å². The van der Waals surface area contributed by atoms with Crippen LogP contribution < -0.4 is 10.6 Å². The molecule has 0 saturated heterocycles. The Labute approximate surface area is 119 Å². The van der Waals surface area contributed by atoms with Gasteiger partial charge < -0.3 is 10.6 Å². The molecule has 1 heterocycles. The summed E-state index contributed by atoms with van der Waals surface area (Å²) in [6, 6.07) is 12.0. The molecule has 0 saturated carbocycles. The third-order valence-electron chi connectivity index (χ3n) is 3.02. The van der Waals surface area contributed by atoms with E-state index in [1.165, 1.54) is 0 Å². The first-order chi connectivity index (χ1) is 9.70. The monoisotopic (exact) mass is 269 g/mol. The van der Waals surface area contributed by atoms with E-state index in [0.29, 0.717) is 13.0 Å². The van der Waals surface area contributed by atoms with Gasteiger partial charge in [0.05, 0.1) is 5.84 Å². The summed E-state index contributed by atoms with van der Waals surface area (Å²) in [6.07, 6.45) is 2.95. The molecule has 0 spiro atoms. The molecular weight excluding hydrogens is 250 g/mol. The predicted octanol–water partition coefficient (Wildman–Crippen LogP) is 2.50. The van der Waals surface area contributed by atoms with Crippen molar-refractivity contribution in [1.82, 2.24) is 9.97 Å². The van der Waals surface area contributed by atoms with Gasteiger partial charge in [0.1, 0.15) is 12.1 Å². The maximum Gasteiger partial charge on any atom is 0.136 e. The van der Waals surface area contributed by atoms with Crippen LogP contribution in [0.3, 0.4) is 0 Å². The van der Waals surface area contributed by atoms with Crippen LogP contribution in [0.25, 0.3) is 0 Å². The minimum Gasteiger partial charge on any atom is -0.388 e. The minimum absolute atomic E-state index is 0.177. The number of hydrogen-bond acceptors (Lipinski definition) is 4. The summed E-state index contributed by atoms with van der Waals surface area (Å²) in [4.78, 5) is 10.6. The highest BCUT2D eigenvalue weighted by Crippen LogP contribution is 2.23. The predicted molar refractivity (Wildman–Crippen MR) is 81.4 cm³/mol. The fraction of sp³-hybridized carbons (Fsp3) is 0.267. The van der Waals surface area contributed by atoms with Gasteiger partial charge in [-0.3, -0.25) is 5.41 Å². The van der Waals surface area contributed by atoms with E-state index < -0.39 is 0 Å². The number of hydrogen-bond donors (Lipinski definition) is 2. The first-order valence-electron chi connectivity index (χ1n) is 6.67. The molecule has 0 aliphatic heterocycles. The van der Waals surface area contributed by atoms with Gasteiger partial charge in [0.15, 0.2) is 0 Å². The van der Waals surface area contributed by atoms with Crippen molar-refractivity contribution in [2.75, 3.05) is 11.4 Å². The molecule has 0 aliphatic rings. The lowest BCUT2D eigenvalue weighted by Gasteiger charge is -2.23. The van der Waals surface area contributed by atoms with Gasteiger partial charge in [-0.05, 0) is 18.6 Å². The van der Waals surface area contributed by atoms with E-state index in [0.717, 1.165) is 23.6 Å². The van der Waals surface area contributed by atoms with Gasteiger partial charge in [-0.2, -0.15) is 0 Å². The number of para-hydroxylation sites is 1. The van der Waals surface area contributed by atoms with Crippen LogP contribution in [0.5, 0.6) is 0 Å². The Morgan fingerprint density at radius 1 is 1.25 bits per heavy atom. The van der Waals surface area contributed by atoms with E-state index in [2.05, 4.69) is 21.8 Å². The smallest absolute Gasteiger partial charge is 0.136 e. The fourth-order valence-electron chi connectivity index (χ4n) is 1.94. The van der Waals surface area contributed by atoms with Crippen LogP contribution in [-0.2, 0) is 6.42 Å². The molecule has 1 aromatic carbocycles. The third-order valence-corrected chi connectivity index (χ3v) is 3.02. The molecule has 5 heteroatoms. The number of anilines is 2. The molecule has 2 aromatic rings. The highest BCUT2D eigenvalue weighted by molar-refractivity contribution is 5.78. The number of aromatic nitrogens is 2. The zero-order valence-electron chi connectivity index (χ0n) is 11.6. The average Bonchev–Trinajstić information content (AvgIpc) is 2.48. The van der Waals surface area contributed by atoms with Gasteiger partial charge in [-0.25, -0.2) is 9.97 Å². The highest BCUT2D eigenvalue weighted by Gasteiger charge is 2.11. The average molecular weight is 269 g/mol. The number of rotatable bonds is 6. The maximum absolute atomic E-state index is 7.41. The lowest BCUT2D eigenvalue weighted by Crippen LogP contribution is -2.24. The molecule has 0 aliphatic carbocycles. The molecule has 5 nitrogen and oxygen atoms in total. The molecule has 0 amide bonds. The van der Waals surface area contributed by atoms with Crippen molar-refractivity contribution in [2.24, 2.45) is 5.73 Å². The number of benzene rings is 1. The second-order valence-electron chi connectivity index (χ2n) is 4.48. The SMILES string of the molecule is CCc1cc(N(CCC(=N)N)c2ccccc2)ncn1. The van der Waals surface area contributed by atoms with Crippen molar-refractivity contribution in [1.29, 1.82) is 5.41 Å². The maximum atomic E-state index is 7.41. The standard InChI is InChI=1S/C15H19N5/c1-2-12-10-15(19-11-18-12)20(9-8-14(16)17)13-6-4-3-5-7-13/h3-7,10-11H,2,8-9H2,1H3,(H3,16,17). The second-order valence-corrected chi connectivity index (χ2v) is 4.48. The van der Waals surface area contributed by atoms with Crippen molar-refractivity contribution in [3.05, 3.63) is 48.4 Å². The second kappa shape index (κ2) is 6.65. The van der Waals surface area contributed by atoms with Crippen molar-refractivity contribution in [3.63, 3.8) is 0 Å². The number of nitrogens with two attached hydrogens (primary N) is 1.